The molecule has 0 aromatic heterocycles. The highest BCUT2D eigenvalue weighted by Gasteiger charge is 2.36. The number of fused-ring (bicyclic) bond motifs is 6. The monoisotopic (exact) mass is 510 g/mol. The number of benzene rings is 4. The van der Waals surface area contributed by atoms with E-state index in [-0.39, 0.29) is 10.8 Å². The lowest BCUT2D eigenvalue weighted by molar-refractivity contribution is 0.426. The van der Waals surface area contributed by atoms with Gasteiger partial charge in [0, 0.05) is 15.3 Å². The first-order valence-corrected chi connectivity index (χ1v) is 12.4. The minimum Gasteiger partial charge on any atom is -0.423 e. The summed E-state index contributed by atoms with van der Waals surface area (Å²) in [6, 6.07) is 29.3. The maximum Gasteiger partial charge on any atom is 0.488 e. The zero-order valence-corrected chi connectivity index (χ0v) is 21.5. The fourth-order valence-corrected chi connectivity index (χ4v) is 5.95. The molecule has 2 N–H and O–H groups in total. The predicted octanol–water partition coefficient (Wildman–Crippen LogP) is 6.43. The normalized spacial score (nSPS) is 15.4. The molecule has 4 aromatic carbocycles. The fourth-order valence-electron chi connectivity index (χ4n) is 5.59. The lowest BCUT2D eigenvalue weighted by atomic mass is 9.77. The Morgan fingerprint density at radius 1 is 0.559 bits per heavy atom. The van der Waals surface area contributed by atoms with Crippen molar-refractivity contribution < 1.29 is 10.0 Å². The summed E-state index contributed by atoms with van der Waals surface area (Å²) in [6.07, 6.45) is 0. The van der Waals surface area contributed by atoms with Gasteiger partial charge in [0.05, 0.1) is 0 Å². The first-order valence-electron chi connectivity index (χ1n) is 11.6. The van der Waals surface area contributed by atoms with Crippen LogP contribution in [0.4, 0.5) is 0 Å². The second-order valence-corrected chi connectivity index (χ2v) is 11.1. The smallest absolute Gasteiger partial charge is 0.423 e. The SMILES string of the molecule is CC1(C)c2ccccc2-c2cc(B(O)O)ccc21.CC1(C)c2ccccc2-c2cc(Br)ccc21. The largest absolute Gasteiger partial charge is 0.488 e. The van der Waals surface area contributed by atoms with Crippen LogP contribution >= 0.6 is 15.9 Å². The molecule has 170 valence electrons. The molecule has 2 nitrogen and oxygen atoms in total. The number of halogens is 1. The summed E-state index contributed by atoms with van der Waals surface area (Å²) >= 11 is 3.55. The van der Waals surface area contributed by atoms with Crippen LogP contribution in [-0.4, -0.2) is 17.2 Å². The second-order valence-electron chi connectivity index (χ2n) is 10.2. The Labute approximate surface area is 210 Å². The third-order valence-electron chi connectivity index (χ3n) is 7.45. The van der Waals surface area contributed by atoms with Gasteiger partial charge < -0.3 is 10.0 Å². The van der Waals surface area contributed by atoms with Gasteiger partial charge in [-0.2, -0.15) is 0 Å². The van der Waals surface area contributed by atoms with Crippen LogP contribution < -0.4 is 5.46 Å². The molecule has 0 heterocycles. The molecule has 4 aromatic rings. The first kappa shape index (κ1) is 23.1. The molecule has 0 bridgehead atoms. The van der Waals surface area contributed by atoms with Crippen LogP contribution in [0.25, 0.3) is 22.3 Å². The Hall–Kier alpha value is -2.66. The Balaban J connectivity index is 0.000000142. The van der Waals surface area contributed by atoms with Crippen molar-refractivity contribution in [1.29, 1.82) is 0 Å². The van der Waals surface area contributed by atoms with Gasteiger partial charge in [0.15, 0.2) is 0 Å². The molecule has 0 saturated carbocycles. The molecule has 0 unspecified atom stereocenters. The van der Waals surface area contributed by atoms with Crippen LogP contribution in [0.5, 0.6) is 0 Å². The van der Waals surface area contributed by atoms with Crippen molar-refractivity contribution in [2.24, 2.45) is 0 Å². The Kier molecular flexibility index (Phi) is 5.59. The molecule has 0 amide bonds. The quantitative estimate of drug-likeness (QED) is 0.290. The van der Waals surface area contributed by atoms with Crippen LogP contribution in [0.1, 0.15) is 49.9 Å². The van der Waals surface area contributed by atoms with Gasteiger partial charge in [0.25, 0.3) is 0 Å². The molecule has 34 heavy (non-hydrogen) atoms. The molecule has 4 heteroatoms. The highest BCUT2D eigenvalue weighted by molar-refractivity contribution is 9.10. The highest BCUT2D eigenvalue weighted by Crippen LogP contribution is 2.49. The molecule has 2 aliphatic carbocycles. The maximum atomic E-state index is 9.29. The van der Waals surface area contributed by atoms with E-state index in [9.17, 15) is 10.0 Å². The molecule has 2 aliphatic rings. The van der Waals surface area contributed by atoms with E-state index < -0.39 is 7.12 Å². The average molecular weight is 511 g/mol. The number of hydrogen-bond donors (Lipinski definition) is 2. The Bertz CT molecular complexity index is 1400. The molecular weight excluding hydrogens is 483 g/mol. The van der Waals surface area contributed by atoms with Crippen LogP contribution in [0.3, 0.4) is 0 Å². The van der Waals surface area contributed by atoms with E-state index in [1.165, 1.54) is 38.9 Å². The van der Waals surface area contributed by atoms with E-state index in [4.69, 9.17) is 0 Å². The van der Waals surface area contributed by atoms with Gasteiger partial charge in [0.1, 0.15) is 0 Å². The standard InChI is InChI=1S/C15H15BO2.C15H13Br/c1-15(2)13-6-4-3-5-11(13)12-9-10(16(17)18)7-8-14(12)15;1-15(2)13-6-4-3-5-11(13)12-9-10(16)7-8-14(12)15/h3-9,17-18H,1-2H3;3-9H,1-2H3. The van der Waals surface area contributed by atoms with Gasteiger partial charge >= 0.3 is 7.12 Å². The minimum atomic E-state index is -1.41. The van der Waals surface area contributed by atoms with Gasteiger partial charge in [-0.05, 0) is 62.1 Å². The first-order chi connectivity index (χ1) is 16.1. The minimum absolute atomic E-state index is 0.0230. The molecule has 0 atom stereocenters. The summed E-state index contributed by atoms with van der Waals surface area (Å²) in [5.74, 6) is 0. The third-order valence-corrected chi connectivity index (χ3v) is 7.94. The molecular formula is C30H28BBrO2. The molecule has 6 rings (SSSR count). The van der Waals surface area contributed by atoms with Gasteiger partial charge in [0.2, 0.25) is 0 Å². The van der Waals surface area contributed by atoms with E-state index in [1.54, 1.807) is 6.07 Å². The van der Waals surface area contributed by atoms with Crippen molar-refractivity contribution in [2.45, 2.75) is 38.5 Å². The predicted molar refractivity (Wildman–Crippen MR) is 146 cm³/mol. The number of rotatable bonds is 1. The van der Waals surface area contributed by atoms with E-state index in [1.807, 2.05) is 24.3 Å². The Morgan fingerprint density at radius 2 is 1.00 bits per heavy atom. The molecule has 0 saturated heterocycles. The zero-order chi connectivity index (χ0) is 24.3. The third kappa shape index (κ3) is 3.56. The summed E-state index contributed by atoms with van der Waals surface area (Å²) < 4.78 is 1.15. The lowest BCUT2D eigenvalue weighted by Gasteiger charge is -2.21. The molecule has 0 radical (unpaired) electrons. The molecule has 0 fully saturated rings. The van der Waals surface area contributed by atoms with Gasteiger partial charge in [-0.15, -0.1) is 0 Å². The van der Waals surface area contributed by atoms with Crippen molar-refractivity contribution in [3.8, 4) is 22.3 Å². The lowest BCUT2D eigenvalue weighted by Crippen LogP contribution is -2.30. The fraction of sp³-hybridized carbons (Fsp3) is 0.200. The molecule has 0 aliphatic heterocycles. The van der Waals surface area contributed by atoms with E-state index >= 15 is 0 Å². The van der Waals surface area contributed by atoms with E-state index in [0.29, 0.717) is 5.46 Å². The summed E-state index contributed by atoms with van der Waals surface area (Å²) in [4.78, 5) is 0. The van der Waals surface area contributed by atoms with Crippen molar-refractivity contribution >= 4 is 28.5 Å². The number of hydrogen-bond acceptors (Lipinski definition) is 2. The summed E-state index contributed by atoms with van der Waals surface area (Å²) in [5, 5.41) is 18.6. The Morgan fingerprint density at radius 3 is 1.53 bits per heavy atom. The van der Waals surface area contributed by atoms with Gasteiger partial charge in [-0.3, -0.25) is 0 Å². The van der Waals surface area contributed by atoms with Gasteiger partial charge in [-0.1, -0.05) is 116 Å². The maximum absolute atomic E-state index is 9.29. The molecule has 0 spiro atoms. The van der Waals surface area contributed by atoms with Crippen molar-refractivity contribution in [3.05, 3.63) is 112 Å². The summed E-state index contributed by atoms with van der Waals surface area (Å²) in [7, 11) is -1.41. The highest BCUT2D eigenvalue weighted by atomic mass is 79.9. The van der Waals surface area contributed by atoms with Crippen molar-refractivity contribution in [3.63, 3.8) is 0 Å². The van der Waals surface area contributed by atoms with Crippen molar-refractivity contribution in [2.75, 3.05) is 0 Å². The van der Waals surface area contributed by atoms with E-state index in [0.717, 1.165) is 10.0 Å². The average Bonchev–Trinajstić information content (AvgIpc) is 3.19. The van der Waals surface area contributed by atoms with E-state index in [2.05, 4.69) is 98.2 Å². The summed E-state index contributed by atoms with van der Waals surface area (Å²) in [6.45, 7) is 9.00. The van der Waals surface area contributed by atoms with Crippen LogP contribution in [-0.2, 0) is 10.8 Å². The van der Waals surface area contributed by atoms with Crippen LogP contribution in [0.15, 0.2) is 89.4 Å². The van der Waals surface area contributed by atoms with Crippen LogP contribution in [0, 0.1) is 0 Å². The summed E-state index contributed by atoms with van der Waals surface area (Å²) in [5.41, 5.74) is 11.1. The zero-order valence-electron chi connectivity index (χ0n) is 19.9. The van der Waals surface area contributed by atoms with Crippen molar-refractivity contribution in [1.82, 2.24) is 0 Å². The van der Waals surface area contributed by atoms with Crippen LogP contribution in [0.2, 0.25) is 0 Å². The van der Waals surface area contributed by atoms with Gasteiger partial charge in [-0.25, -0.2) is 0 Å². The topological polar surface area (TPSA) is 40.5 Å². The second kappa shape index (κ2) is 8.23.